The van der Waals surface area contributed by atoms with Crippen molar-refractivity contribution < 1.29 is 19.7 Å². The number of hydrogen-bond acceptors (Lipinski definition) is 3. The summed E-state index contributed by atoms with van der Waals surface area (Å²) >= 11 is 0. The third-order valence-corrected chi connectivity index (χ3v) is 2.84. The lowest BCUT2D eigenvalue weighted by Crippen LogP contribution is -1.99. The Labute approximate surface area is 116 Å². The van der Waals surface area contributed by atoms with E-state index in [1.165, 1.54) is 12.1 Å². The van der Waals surface area contributed by atoms with Crippen molar-refractivity contribution in [3.8, 4) is 11.5 Å². The molecule has 0 aromatic heterocycles. The number of ether oxygens (including phenoxy) is 1. The van der Waals surface area contributed by atoms with E-state index >= 15 is 0 Å². The zero-order valence-electron chi connectivity index (χ0n) is 10.9. The zero-order chi connectivity index (χ0) is 14.5. The van der Waals surface area contributed by atoms with Gasteiger partial charge in [-0.05, 0) is 41.5 Å². The van der Waals surface area contributed by atoms with Crippen molar-refractivity contribution >= 4 is 17.6 Å². The fourth-order valence-electron chi connectivity index (χ4n) is 1.78. The van der Waals surface area contributed by atoms with Crippen LogP contribution in [0.15, 0.2) is 48.5 Å². The predicted molar refractivity (Wildman–Crippen MR) is 76.6 cm³/mol. The Bertz CT molecular complexity index is 625. The van der Waals surface area contributed by atoms with Gasteiger partial charge in [0, 0.05) is 0 Å². The Morgan fingerprint density at radius 1 is 1.05 bits per heavy atom. The molecule has 0 unspecified atom stereocenters. The zero-order valence-corrected chi connectivity index (χ0v) is 10.9. The average Bonchev–Trinajstić information content (AvgIpc) is 2.46. The molecule has 102 valence electrons. The smallest absolute Gasteiger partial charge is 0.336 e. The summed E-state index contributed by atoms with van der Waals surface area (Å²) in [4.78, 5) is 11.4. The van der Waals surface area contributed by atoms with E-state index in [2.05, 4.69) is 0 Å². The fourth-order valence-corrected chi connectivity index (χ4v) is 1.78. The number of aliphatic carboxylic acids is 1. The third-order valence-electron chi connectivity index (χ3n) is 2.84. The van der Waals surface area contributed by atoms with Crippen LogP contribution < -0.4 is 4.74 Å². The molecule has 0 amide bonds. The number of hydrogen-bond donors (Lipinski definition) is 2. The van der Waals surface area contributed by atoms with Gasteiger partial charge in [0.25, 0.3) is 0 Å². The highest BCUT2D eigenvalue weighted by Crippen LogP contribution is 2.22. The van der Waals surface area contributed by atoms with Crippen LogP contribution in [0.3, 0.4) is 0 Å². The number of methoxy groups -OCH3 is 1. The standard InChI is InChI=1S/C16H14O4/c1-20-14-8-2-11(3-9-14)10-15(16(18)19)12-4-6-13(17)7-5-12/h2-10,17H,1H3,(H,18,19). The second-order valence-corrected chi connectivity index (χ2v) is 4.18. The Kier molecular flexibility index (Phi) is 4.05. The minimum atomic E-state index is -1.02. The maximum atomic E-state index is 11.4. The van der Waals surface area contributed by atoms with Crippen molar-refractivity contribution in [3.63, 3.8) is 0 Å². The number of phenols is 1. The van der Waals surface area contributed by atoms with Crippen molar-refractivity contribution in [1.29, 1.82) is 0 Å². The molecular weight excluding hydrogens is 256 g/mol. The summed E-state index contributed by atoms with van der Waals surface area (Å²) in [5.74, 6) is -0.210. The Hall–Kier alpha value is -2.75. The minimum Gasteiger partial charge on any atom is -0.508 e. The Morgan fingerprint density at radius 2 is 1.65 bits per heavy atom. The molecule has 0 radical (unpaired) electrons. The van der Waals surface area contributed by atoms with Crippen molar-refractivity contribution in [1.82, 2.24) is 0 Å². The predicted octanol–water partition coefficient (Wildman–Crippen LogP) is 3.03. The van der Waals surface area contributed by atoms with Gasteiger partial charge in [-0.3, -0.25) is 0 Å². The van der Waals surface area contributed by atoms with E-state index in [0.29, 0.717) is 11.3 Å². The fraction of sp³-hybridized carbons (Fsp3) is 0.0625. The van der Waals surface area contributed by atoms with Crippen molar-refractivity contribution in [2.75, 3.05) is 7.11 Å². The average molecular weight is 270 g/mol. The van der Waals surface area contributed by atoms with Crippen LogP contribution in [0.4, 0.5) is 0 Å². The second-order valence-electron chi connectivity index (χ2n) is 4.18. The number of benzene rings is 2. The van der Waals surface area contributed by atoms with Gasteiger partial charge >= 0.3 is 5.97 Å². The van der Waals surface area contributed by atoms with Crippen LogP contribution in [0.5, 0.6) is 11.5 Å². The maximum Gasteiger partial charge on any atom is 0.336 e. The lowest BCUT2D eigenvalue weighted by Gasteiger charge is -2.04. The summed E-state index contributed by atoms with van der Waals surface area (Å²) in [5, 5.41) is 18.5. The van der Waals surface area contributed by atoms with Gasteiger partial charge in [-0.25, -0.2) is 4.79 Å². The van der Waals surface area contributed by atoms with Gasteiger partial charge < -0.3 is 14.9 Å². The van der Waals surface area contributed by atoms with Crippen LogP contribution in [0.1, 0.15) is 11.1 Å². The van der Waals surface area contributed by atoms with Gasteiger partial charge in [0.1, 0.15) is 11.5 Å². The van der Waals surface area contributed by atoms with Crippen molar-refractivity contribution in [2.24, 2.45) is 0 Å². The van der Waals surface area contributed by atoms with Gasteiger partial charge in [-0.2, -0.15) is 0 Å². The molecule has 2 aromatic carbocycles. The molecule has 0 fully saturated rings. The van der Waals surface area contributed by atoms with Crippen LogP contribution in [0, 0.1) is 0 Å². The lowest BCUT2D eigenvalue weighted by molar-refractivity contribution is -0.130. The molecule has 0 spiro atoms. The van der Waals surface area contributed by atoms with Crippen LogP contribution in [-0.4, -0.2) is 23.3 Å². The molecule has 0 atom stereocenters. The van der Waals surface area contributed by atoms with E-state index < -0.39 is 5.97 Å². The lowest BCUT2D eigenvalue weighted by atomic mass is 10.0. The molecule has 2 N–H and O–H groups in total. The van der Waals surface area contributed by atoms with Gasteiger partial charge in [-0.1, -0.05) is 24.3 Å². The van der Waals surface area contributed by atoms with Crippen LogP contribution in [0.25, 0.3) is 11.6 Å². The molecule has 20 heavy (non-hydrogen) atoms. The molecule has 4 nitrogen and oxygen atoms in total. The first-order valence-corrected chi connectivity index (χ1v) is 5.98. The number of rotatable bonds is 4. The first-order valence-electron chi connectivity index (χ1n) is 5.98. The molecule has 0 aliphatic heterocycles. The van der Waals surface area contributed by atoms with Gasteiger partial charge in [-0.15, -0.1) is 0 Å². The summed E-state index contributed by atoms with van der Waals surface area (Å²) in [6.45, 7) is 0. The number of carboxylic acids is 1. The topological polar surface area (TPSA) is 66.8 Å². The van der Waals surface area contributed by atoms with E-state index in [1.807, 2.05) is 0 Å². The van der Waals surface area contributed by atoms with Gasteiger partial charge in [0.15, 0.2) is 0 Å². The summed E-state index contributed by atoms with van der Waals surface area (Å²) in [5.41, 5.74) is 1.46. The van der Waals surface area contributed by atoms with Crippen LogP contribution in [0.2, 0.25) is 0 Å². The normalized spacial score (nSPS) is 11.2. The molecule has 2 rings (SSSR count). The molecule has 0 bridgehead atoms. The van der Waals surface area contributed by atoms with E-state index in [9.17, 15) is 15.0 Å². The quantitative estimate of drug-likeness (QED) is 0.662. The number of carbonyl (C=O) groups is 1. The second kappa shape index (κ2) is 5.93. The summed E-state index contributed by atoms with van der Waals surface area (Å²) in [7, 11) is 1.57. The SMILES string of the molecule is COc1ccc(C=C(C(=O)O)c2ccc(O)cc2)cc1. The van der Waals surface area contributed by atoms with Crippen LogP contribution in [-0.2, 0) is 4.79 Å². The van der Waals surface area contributed by atoms with Crippen LogP contribution >= 0.6 is 0 Å². The first kappa shape index (κ1) is 13.7. The monoisotopic (exact) mass is 270 g/mol. The highest BCUT2D eigenvalue weighted by Gasteiger charge is 2.10. The summed E-state index contributed by atoms with van der Waals surface area (Å²) in [6, 6.07) is 13.1. The molecule has 0 aliphatic carbocycles. The number of aromatic hydroxyl groups is 1. The first-order chi connectivity index (χ1) is 9.60. The molecule has 0 saturated carbocycles. The molecule has 0 aliphatic rings. The number of carboxylic acid groups (broad SMARTS) is 1. The van der Waals surface area contributed by atoms with Gasteiger partial charge in [0.05, 0.1) is 12.7 Å². The van der Waals surface area contributed by atoms with Crippen molar-refractivity contribution in [3.05, 3.63) is 59.7 Å². The van der Waals surface area contributed by atoms with E-state index in [4.69, 9.17) is 4.74 Å². The molecule has 2 aromatic rings. The largest absolute Gasteiger partial charge is 0.508 e. The Balaban J connectivity index is 2.39. The summed E-state index contributed by atoms with van der Waals surface area (Å²) < 4.78 is 5.05. The number of phenolic OH excluding ortho intramolecular Hbond substituents is 1. The van der Waals surface area contributed by atoms with Crippen molar-refractivity contribution in [2.45, 2.75) is 0 Å². The molecule has 4 heteroatoms. The molecular formula is C16H14O4. The molecule has 0 heterocycles. The third kappa shape index (κ3) is 3.17. The highest BCUT2D eigenvalue weighted by molar-refractivity contribution is 6.20. The minimum absolute atomic E-state index is 0.0999. The maximum absolute atomic E-state index is 11.4. The van der Waals surface area contributed by atoms with Gasteiger partial charge in [0.2, 0.25) is 0 Å². The molecule has 0 saturated heterocycles. The van der Waals surface area contributed by atoms with E-state index in [1.54, 1.807) is 49.6 Å². The highest BCUT2D eigenvalue weighted by atomic mass is 16.5. The summed E-state index contributed by atoms with van der Waals surface area (Å²) in [6.07, 6.45) is 1.58. The Morgan fingerprint density at radius 3 is 2.15 bits per heavy atom. The van der Waals surface area contributed by atoms with E-state index in [0.717, 1.165) is 5.56 Å². The van der Waals surface area contributed by atoms with E-state index in [-0.39, 0.29) is 11.3 Å².